The Morgan fingerprint density at radius 3 is 2.12 bits per heavy atom. The summed E-state index contributed by atoms with van der Waals surface area (Å²) in [6, 6.07) is 20.8. The monoisotopic (exact) mass is 448 g/mol. The number of fused-ring (bicyclic) bond motifs is 1. The van der Waals surface area contributed by atoms with Gasteiger partial charge in [0.25, 0.3) is 0 Å². The van der Waals surface area contributed by atoms with Crippen molar-refractivity contribution in [1.82, 2.24) is 0 Å². The number of hydrogen-bond donors (Lipinski definition) is 0. The molecule has 0 N–H and O–H groups in total. The highest BCUT2D eigenvalue weighted by molar-refractivity contribution is 5.84. The molecule has 0 unspecified atom stereocenters. The molecule has 1 nitrogen and oxygen atoms in total. The van der Waals surface area contributed by atoms with E-state index in [4.69, 9.17) is 4.74 Å². The fourth-order valence-corrected chi connectivity index (χ4v) is 3.98. The minimum absolute atomic E-state index is 0.213. The molecule has 0 heterocycles. The van der Waals surface area contributed by atoms with Gasteiger partial charge < -0.3 is 4.74 Å². The van der Waals surface area contributed by atoms with Gasteiger partial charge >= 0.3 is 0 Å². The molecular formula is C29H27F3O. The summed E-state index contributed by atoms with van der Waals surface area (Å²) in [7, 11) is 0. The minimum atomic E-state index is -0.271. The third-order valence-corrected chi connectivity index (χ3v) is 5.88. The zero-order chi connectivity index (χ0) is 23.2. The van der Waals surface area contributed by atoms with Crippen LogP contribution >= 0.6 is 0 Å². The number of benzene rings is 4. The molecule has 4 aromatic carbocycles. The third-order valence-electron chi connectivity index (χ3n) is 5.88. The zero-order valence-electron chi connectivity index (χ0n) is 18.7. The highest BCUT2D eigenvalue weighted by Crippen LogP contribution is 2.25. The maximum atomic E-state index is 15.1. The van der Waals surface area contributed by atoms with Crippen molar-refractivity contribution in [2.24, 2.45) is 0 Å². The van der Waals surface area contributed by atoms with E-state index in [-0.39, 0.29) is 17.5 Å². The molecule has 0 amide bonds. The van der Waals surface area contributed by atoms with Gasteiger partial charge in [-0.05, 0) is 77.9 Å². The average Bonchev–Trinajstić information content (AvgIpc) is 2.82. The van der Waals surface area contributed by atoms with Crippen LogP contribution in [0.25, 0.3) is 10.8 Å². The van der Waals surface area contributed by atoms with Crippen LogP contribution in [0, 0.1) is 17.5 Å². The van der Waals surface area contributed by atoms with E-state index in [0.717, 1.165) is 22.9 Å². The summed E-state index contributed by atoms with van der Waals surface area (Å²) in [5.74, 6) is -0.196. The molecule has 0 spiro atoms. The Morgan fingerprint density at radius 2 is 1.36 bits per heavy atom. The molecule has 170 valence electrons. The molecule has 0 aromatic heterocycles. The number of halogens is 3. The molecule has 4 rings (SSSR count). The van der Waals surface area contributed by atoms with Crippen molar-refractivity contribution in [2.45, 2.75) is 39.0 Å². The first-order chi connectivity index (χ1) is 16.0. The first kappa shape index (κ1) is 22.9. The molecule has 4 heteroatoms. The van der Waals surface area contributed by atoms with E-state index >= 15 is 4.39 Å². The van der Waals surface area contributed by atoms with Gasteiger partial charge in [-0.3, -0.25) is 0 Å². The summed E-state index contributed by atoms with van der Waals surface area (Å²) in [5, 5.41) is 1.42. The van der Waals surface area contributed by atoms with Crippen molar-refractivity contribution in [3.63, 3.8) is 0 Å². The van der Waals surface area contributed by atoms with E-state index in [2.05, 4.69) is 0 Å². The number of ether oxygens (including phenoxy) is 1. The van der Waals surface area contributed by atoms with E-state index in [1.165, 1.54) is 18.2 Å². The number of rotatable bonds is 9. The van der Waals surface area contributed by atoms with Gasteiger partial charge in [-0.15, -0.1) is 0 Å². The van der Waals surface area contributed by atoms with Crippen LogP contribution in [0.1, 0.15) is 35.6 Å². The fourth-order valence-electron chi connectivity index (χ4n) is 3.98. The lowest BCUT2D eigenvalue weighted by molar-refractivity contribution is 0.315. The van der Waals surface area contributed by atoms with Gasteiger partial charge in [-0.25, -0.2) is 13.2 Å². The van der Waals surface area contributed by atoms with Crippen molar-refractivity contribution in [1.29, 1.82) is 0 Å². The molecule has 0 bridgehead atoms. The average molecular weight is 449 g/mol. The molecule has 4 aromatic rings. The predicted molar refractivity (Wildman–Crippen MR) is 127 cm³/mol. The van der Waals surface area contributed by atoms with Gasteiger partial charge in [-0.1, -0.05) is 55.5 Å². The van der Waals surface area contributed by atoms with Crippen LogP contribution in [0.4, 0.5) is 13.2 Å². The molecule has 0 fully saturated rings. The Balaban J connectivity index is 1.43. The first-order valence-corrected chi connectivity index (χ1v) is 11.4. The minimum Gasteiger partial charge on any atom is -0.494 e. The quantitative estimate of drug-likeness (QED) is 0.256. The van der Waals surface area contributed by atoms with Gasteiger partial charge in [-0.2, -0.15) is 0 Å². The normalized spacial score (nSPS) is 11.2. The van der Waals surface area contributed by atoms with Gasteiger partial charge in [0.15, 0.2) is 0 Å². The summed E-state index contributed by atoms with van der Waals surface area (Å²) in [5.41, 5.74) is 3.29. The van der Waals surface area contributed by atoms with Crippen molar-refractivity contribution in [3.8, 4) is 5.75 Å². The number of hydrogen-bond acceptors (Lipinski definition) is 1. The van der Waals surface area contributed by atoms with Crippen LogP contribution in [0.5, 0.6) is 5.75 Å². The zero-order valence-corrected chi connectivity index (χ0v) is 18.7. The van der Waals surface area contributed by atoms with E-state index in [0.29, 0.717) is 54.6 Å². The smallest absolute Gasteiger partial charge is 0.134 e. The summed E-state index contributed by atoms with van der Waals surface area (Å²) >= 11 is 0. The van der Waals surface area contributed by atoms with Crippen LogP contribution in [0.15, 0.2) is 72.8 Å². The Morgan fingerprint density at radius 1 is 0.667 bits per heavy atom. The molecule has 0 aliphatic heterocycles. The summed E-state index contributed by atoms with van der Waals surface area (Å²) in [6.07, 6.45) is 3.29. The molecule has 0 saturated carbocycles. The molecule has 0 radical (unpaired) electrons. The SMILES string of the molecule is CCCOc1ccc(CCc2ccc3c(F)c(CCc4ccc(F)cc4)ccc3c2)c(F)c1. The lowest BCUT2D eigenvalue weighted by Crippen LogP contribution is -1.99. The van der Waals surface area contributed by atoms with E-state index < -0.39 is 0 Å². The Labute approximate surface area is 192 Å². The summed E-state index contributed by atoms with van der Waals surface area (Å²) in [4.78, 5) is 0. The first-order valence-electron chi connectivity index (χ1n) is 11.4. The van der Waals surface area contributed by atoms with Crippen LogP contribution in [0.2, 0.25) is 0 Å². The highest BCUT2D eigenvalue weighted by Gasteiger charge is 2.10. The van der Waals surface area contributed by atoms with Crippen molar-refractivity contribution < 1.29 is 17.9 Å². The maximum Gasteiger partial charge on any atom is 0.134 e. The second kappa shape index (κ2) is 10.6. The maximum absolute atomic E-state index is 15.1. The molecule has 33 heavy (non-hydrogen) atoms. The van der Waals surface area contributed by atoms with E-state index in [1.54, 1.807) is 30.3 Å². The third kappa shape index (κ3) is 5.75. The summed E-state index contributed by atoms with van der Waals surface area (Å²) in [6.45, 7) is 2.58. The highest BCUT2D eigenvalue weighted by atomic mass is 19.1. The largest absolute Gasteiger partial charge is 0.494 e. The summed E-state index contributed by atoms with van der Waals surface area (Å²) < 4.78 is 48.0. The van der Waals surface area contributed by atoms with Gasteiger partial charge in [0.2, 0.25) is 0 Å². The van der Waals surface area contributed by atoms with Gasteiger partial charge in [0.05, 0.1) is 6.61 Å². The Hall–Kier alpha value is -3.27. The Bertz CT molecular complexity index is 1230. The lowest BCUT2D eigenvalue weighted by atomic mass is 9.97. The fraction of sp³-hybridized carbons (Fsp3) is 0.241. The lowest BCUT2D eigenvalue weighted by Gasteiger charge is -2.10. The molecule has 0 aliphatic carbocycles. The van der Waals surface area contributed by atoms with Crippen LogP contribution in [-0.4, -0.2) is 6.61 Å². The van der Waals surface area contributed by atoms with E-state index in [1.807, 2.05) is 31.2 Å². The topological polar surface area (TPSA) is 9.23 Å². The Kier molecular flexibility index (Phi) is 7.33. The van der Waals surface area contributed by atoms with Crippen LogP contribution in [-0.2, 0) is 25.7 Å². The van der Waals surface area contributed by atoms with Gasteiger partial charge in [0, 0.05) is 11.5 Å². The van der Waals surface area contributed by atoms with Crippen LogP contribution in [0.3, 0.4) is 0 Å². The van der Waals surface area contributed by atoms with E-state index in [9.17, 15) is 8.78 Å². The van der Waals surface area contributed by atoms with Crippen molar-refractivity contribution in [3.05, 3.63) is 113 Å². The predicted octanol–water partition coefficient (Wildman–Crippen LogP) is 7.62. The molecule has 0 aliphatic rings. The van der Waals surface area contributed by atoms with Crippen molar-refractivity contribution in [2.75, 3.05) is 6.61 Å². The standard InChI is InChI=1S/C29H27F3O/c1-2-17-33-26-15-12-22(28(31)19-26)8-4-21-7-16-27-24(18-21)11-10-23(29(27)32)9-3-20-5-13-25(30)14-6-20/h5-7,10-16,18-19H,2-4,8-9,17H2,1H3. The van der Waals surface area contributed by atoms with Crippen LogP contribution < -0.4 is 4.74 Å². The second-order valence-electron chi connectivity index (χ2n) is 8.32. The second-order valence-corrected chi connectivity index (χ2v) is 8.32. The molecule has 0 atom stereocenters. The molecular weight excluding hydrogens is 421 g/mol. The molecule has 0 saturated heterocycles. The van der Waals surface area contributed by atoms with Crippen molar-refractivity contribution >= 4 is 10.8 Å². The van der Waals surface area contributed by atoms with Gasteiger partial charge in [0.1, 0.15) is 23.2 Å². The number of aryl methyl sites for hydroxylation is 4.